The van der Waals surface area contributed by atoms with Crippen LogP contribution in [0.4, 0.5) is 4.79 Å². The Morgan fingerprint density at radius 1 is 1.05 bits per heavy atom. The quantitative estimate of drug-likeness (QED) is 0.692. The molecule has 0 aromatic rings. The summed E-state index contributed by atoms with van der Waals surface area (Å²) in [6.07, 6.45) is 1.97. The van der Waals surface area contributed by atoms with Crippen LogP contribution in [-0.4, -0.2) is 71.5 Å². The molecule has 2 aliphatic heterocycles. The molecule has 2 rings (SSSR count). The Morgan fingerprint density at radius 3 is 2.10 bits per heavy atom. The Balaban J connectivity index is 1.76. The first-order valence-electron chi connectivity index (χ1n) is 7.57. The molecule has 0 bridgehead atoms. The van der Waals surface area contributed by atoms with Crippen molar-refractivity contribution in [1.82, 2.24) is 14.5 Å². The van der Waals surface area contributed by atoms with E-state index in [1.165, 1.54) is 0 Å². The zero-order chi connectivity index (χ0) is 14.8. The fourth-order valence-electron chi connectivity index (χ4n) is 2.84. The summed E-state index contributed by atoms with van der Waals surface area (Å²) in [6, 6.07) is 0.632. The van der Waals surface area contributed by atoms with Crippen molar-refractivity contribution in [2.24, 2.45) is 0 Å². The van der Waals surface area contributed by atoms with Gasteiger partial charge in [0.2, 0.25) is 0 Å². The van der Waals surface area contributed by atoms with Crippen molar-refractivity contribution < 1.29 is 9.53 Å². The molecular weight excluding hydrogens is 273 g/mol. The van der Waals surface area contributed by atoms with Crippen LogP contribution in [0.2, 0.25) is 0 Å². The van der Waals surface area contributed by atoms with E-state index in [1.54, 1.807) is 0 Å². The van der Waals surface area contributed by atoms with Gasteiger partial charge in [-0.3, -0.25) is 9.57 Å². The van der Waals surface area contributed by atoms with Gasteiger partial charge >= 0.3 is 6.09 Å². The molecule has 0 aliphatic carbocycles. The molecule has 0 saturated carbocycles. The molecule has 116 valence electrons. The van der Waals surface area contributed by atoms with E-state index in [0.29, 0.717) is 6.04 Å². The number of piperazine rings is 1. The number of amides is 1. The monoisotopic (exact) mass is 301 g/mol. The summed E-state index contributed by atoms with van der Waals surface area (Å²) < 4.78 is 7.73. The van der Waals surface area contributed by atoms with Crippen LogP contribution in [-0.2, 0) is 4.74 Å². The molecule has 0 N–H and O–H groups in total. The first-order valence-corrected chi connectivity index (χ1v) is 8.08. The predicted molar refractivity (Wildman–Crippen MR) is 83.7 cm³/mol. The van der Waals surface area contributed by atoms with E-state index in [9.17, 15) is 4.79 Å². The highest BCUT2D eigenvalue weighted by Gasteiger charge is 2.30. The van der Waals surface area contributed by atoms with Gasteiger partial charge in [0.1, 0.15) is 5.60 Å². The molecule has 0 aromatic carbocycles. The third-order valence-corrected chi connectivity index (χ3v) is 4.50. The average Bonchev–Trinajstić information content (AvgIpc) is 2.38. The van der Waals surface area contributed by atoms with Crippen molar-refractivity contribution in [3.8, 4) is 0 Å². The normalized spacial score (nSPS) is 23.9. The van der Waals surface area contributed by atoms with Gasteiger partial charge in [-0.2, -0.15) is 0 Å². The Hall–Kier alpha value is -0.380. The van der Waals surface area contributed by atoms with Crippen LogP contribution >= 0.6 is 9.39 Å². The molecule has 20 heavy (non-hydrogen) atoms. The first kappa shape index (κ1) is 16.0. The lowest BCUT2D eigenvalue weighted by Crippen LogP contribution is -2.52. The second kappa shape index (κ2) is 6.59. The minimum Gasteiger partial charge on any atom is -0.444 e. The third-order valence-electron chi connectivity index (χ3n) is 3.98. The van der Waals surface area contributed by atoms with E-state index in [-0.39, 0.29) is 6.09 Å². The van der Waals surface area contributed by atoms with Crippen LogP contribution in [0.15, 0.2) is 0 Å². The van der Waals surface area contributed by atoms with Crippen LogP contribution in [0.5, 0.6) is 0 Å². The Kier molecular flexibility index (Phi) is 5.27. The van der Waals surface area contributed by atoms with E-state index in [2.05, 4.69) is 19.0 Å². The molecule has 0 aromatic heterocycles. The lowest BCUT2D eigenvalue weighted by atomic mass is 10.0. The fraction of sp³-hybridized carbons (Fsp3) is 0.929. The molecule has 5 nitrogen and oxygen atoms in total. The standard InChI is InChI=1S/C14H28N3O2P/c1-14(2,3)19-13(18)16-6-4-12(5-7-16)15-8-10-17(20)11-9-15/h12H,4-11,20H2,1-3H3. The van der Waals surface area contributed by atoms with E-state index >= 15 is 0 Å². The first-order chi connectivity index (χ1) is 9.35. The molecular formula is C14H28N3O2P. The van der Waals surface area contributed by atoms with Crippen LogP contribution < -0.4 is 0 Å². The maximum Gasteiger partial charge on any atom is 0.410 e. The van der Waals surface area contributed by atoms with Gasteiger partial charge in [0.25, 0.3) is 0 Å². The van der Waals surface area contributed by atoms with Gasteiger partial charge in [-0.15, -0.1) is 0 Å². The highest BCUT2D eigenvalue weighted by Crippen LogP contribution is 2.20. The zero-order valence-electron chi connectivity index (χ0n) is 13.0. The molecule has 2 saturated heterocycles. The van der Waals surface area contributed by atoms with Crippen molar-refractivity contribution in [2.45, 2.75) is 45.3 Å². The van der Waals surface area contributed by atoms with Gasteiger partial charge in [0.15, 0.2) is 0 Å². The number of nitrogens with zero attached hydrogens (tertiary/aromatic N) is 3. The highest BCUT2D eigenvalue weighted by atomic mass is 31.0. The summed E-state index contributed by atoms with van der Waals surface area (Å²) in [5, 5.41) is 0. The summed E-state index contributed by atoms with van der Waals surface area (Å²) in [5.74, 6) is 0. The molecule has 0 radical (unpaired) electrons. The number of hydrogen-bond donors (Lipinski definition) is 0. The van der Waals surface area contributed by atoms with Crippen LogP contribution in [0.25, 0.3) is 0 Å². The number of carbonyl (C=O) groups excluding carboxylic acids is 1. The summed E-state index contributed by atoms with van der Waals surface area (Å²) in [4.78, 5) is 16.5. The van der Waals surface area contributed by atoms with Gasteiger partial charge < -0.3 is 9.64 Å². The number of piperidine rings is 1. The molecule has 0 spiro atoms. The zero-order valence-corrected chi connectivity index (χ0v) is 14.1. The largest absolute Gasteiger partial charge is 0.444 e. The van der Waals surface area contributed by atoms with Crippen LogP contribution in [0.1, 0.15) is 33.6 Å². The molecule has 2 heterocycles. The smallest absolute Gasteiger partial charge is 0.410 e. The van der Waals surface area contributed by atoms with Gasteiger partial charge in [-0.25, -0.2) is 4.79 Å². The lowest BCUT2D eigenvalue weighted by molar-refractivity contribution is 0.0124. The average molecular weight is 301 g/mol. The lowest BCUT2D eigenvalue weighted by Gasteiger charge is -2.42. The third kappa shape index (κ3) is 4.57. The number of likely N-dealkylation sites (tertiary alicyclic amines) is 1. The molecule has 1 atom stereocenters. The van der Waals surface area contributed by atoms with Crippen LogP contribution in [0, 0.1) is 0 Å². The van der Waals surface area contributed by atoms with E-state index in [4.69, 9.17) is 4.74 Å². The second-order valence-electron chi connectivity index (χ2n) is 6.77. The summed E-state index contributed by atoms with van der Waals surface area (Å²) in [6.45, 7) is 11.9. The summed E-state index contributed by atoms with van der Waals surface area (Å²) in [5.41, 5.74) is -0.400. The minimum absolute atomic E-state index is 0.161. The number of rotatable bonds is 1. The van der Waals surface area contributed by atoms with E-state index < -0.39 is 5.60 Å². The van der Waals surface area contributed by atoms with Gasteiger partial charge in [-0.05, 0) is 33.6 Å². The molecule has 6 heteroatoms. The van der Waals surface area contributed by atoms with Crippen molar-refractivity contribution in [3.63, 3.8) is 0 Å². The summed E-state index contributed by atoms with van der Waals surface area (Å²) >= 11 is 0. The maximum absolute atomic E-state index is 12.0. The van der Waals surface area contributed by atoms with Crippen molar-refractivity contribution in [1.29, 1.82) is 0 Å². The van der Waals surface area contributed by atoms with Crippen LogP contribution in [0.3, 0.4) is 0 Å². The Bertz CT molecular complexity index is 330. The fourth-order valence-corrected chi connectivity index (χ4v) is 3.07. The Labute approximate surface area is 124 Å². The van der Waals surface area contributed by atoms with E-state index in [1.807, 2.05) is 25.7 Å². The van der Waals surface area contributed by atoms with E-state index in [0.717, 1.165) is 52.1 Å². The number of hydrogen-bond acceptors (Lipinski definition) is 4. The van der Waals surface area contributed by atoms with Gasteiger partial charge in [-0.1, -0.05) is 9.39 Å². The highest BCUT2D eigenvalue weighted by molar-refractivity contribution is 7.13. The van der Waals surface area contributed by atoms with Gasteiger partial charge in [0, 0.05) is 45.3 Å². The summed E-state index contributed by atoms with van der Waals surface area (Å²) in [7, 11) is 2.78. The van der Waals surface area contributed by atoms with Gasteiger partial charge in [0.05, 0.1) is 0 Å². The SMILES string of the molecule is CC(C)(C)OC(=O)N1CCC(N2CCN(P)CC2)CC1. The van der Waals surface area contributed by atoms with Crippen molar-refractivity contribution in [3.05, 3.63) is 0 Å². The second-order valence-corrected chi connectivity index (χ2v) is 7.50. The minimum atomic E-state index is -0.400. The number of carbonyl (C=O) groups is 1. The maximum atomic E-state index is 12.0. The molecule has 2 fully saturated rings. The van der Waals surface area contributed by atoms with Crippen molar-refractivity contribution >= 4 is 15.5 Å². The van der Waals surface area contributed by atoms with Crippen molar-refractivity contribution in [2.75, 3.05) is 39.3 Å². The Morgan fingerprint density at radius 2 is 1.60 bits per heavy atom. The topological polar surface area (TPSA) is 36.0 Å². The predicted octanol–water partition coefficient (Wildman–Crippen LogP) is 1.79. The number of ether oxygens (including phenoxy) is 1. The molecule has 1 unspecified atom stereocenters. The molecule has 2 aliphatic rings. The molecule has 1 amide bonds.